The van der Waals surface area contributed by atoms with Gasteiger partial charge in [-0.2, -0.15) is 0 Å². The predicted molar refractivity (Wildman–Crippen MR) is 163 cm³/mol. The number of unbranched alkanes of at least 4 members (excludes halogenated alkanes) is 2. The lowest BCUT2D eigenvalue weighted by Crippen LogP contribution is -2.32. The Morgan fingerprint density at radius 2 is 1.51 bits per heavy atom. The van der Waals surface area contributed by atoms with Crippen LogP contribution in [0.5, 0.6) is 0 Å². The smallest absolute Gasteiger partial charge is 0.227 e. The van der Waals surface area contributed by atoms with Crippen molar-refractivity contribution in [3.63, 3.8) is 0 Å². The van der Waals surface area contributed by atoms with E-state index in [0.717, 1.165) is 72.3 Å². The zero-order chi connectivity index (χ0) is 29.4. The van der Waals surface area contributed by atoms with Gasteiger partial charge in [0, 0.05) is 48.8 Å². The number of hydrogen-bond donors (Lipinski definition) is 0. The highest BCUT2D eigenvalue weighted by atomic mass is 16.2. The molecule has 1 unspecified atom stereocenters. The molecule has 0 N–H and O–H groups in total. The monoisotopic (exact) mass is 556 g/mol. The van der Waals surface area contributed by atoms with Crippen LogP contribution in [0, 0.1) is 11.8 Å². The third-order valence-electron chi connectivity index (χ3n) is 8.57. The maximum absolute atomic E-state index is 13.7. The number of carbonyl (C=O) groups excluding carboxylic acids is 3. The quantitative estimate of drug-likeness (QED) is 0.193. The Balaban J connectivity index is 1.60. The topological polar surface area (TPSA) is 85.2 Å². The SMILES string of the molecule is CCC(C)C(=O)CCC(=O)N1Cc2ccccc2-c2nnn(CCCCCC(=O)C(CC)CC)c2-c2ccccc21. The number of amides is 1. The van der Waals surface area contributed by atoms with Crippen molar-refractivity contribution < 1.29 is 14.4 Å². The van der Waals surface area contributed by atoms with Gasteiger partial charge >= 0.3 is 0 Å². The second-order valence-electron chi connectivity index (χ2n) is 11.2. The molecule has 1 amide bonds. The van der Waals surface area contributed by atoms with Gasteiger partial charge in [0.1, 0.15) is 17.3 Å². The minimum Gasteiger partial charge on any atom is -0.307 e. The van der Waals surface area contributed by atoms with Crippen LogP contribution in [0.1, 0.15) is 91.0 Å². The molecule has 2 heterocycles. The maximum Gasteiger partial charge on any atom is 0.227 e. The van der Waals surface area contributed by atoms with Crippen LogP contribution in [0.3, 0.4) is 0 Å². The van der Waals surface area contributed by atoms with E-state index in [1.165, 1.54) is 0 Å². The Bertz CT molecular complexity index is 1360. The van der Waals surface area contributed by atoms with Crippen molar-refractivity contribution in [1.29, 1.82) is 0 Å². The van der Waals surface area contributed by atoms with E-state index >= 15 is 0 Å². The van der Waals surface area contributed by atoms with Gasteiger partial charge in [-0.15, -0.1) is 5.10 Å². The van der Waals surface area contributed by atoms with Gasteiger partial charge < -0.3 is 4.90 Å². The van der Waals surface area contributed by atoms with Gasteiger partial charge in [-0.25, -0.2) is 4.68 Å². The fraction of sp³-hybridized carbons (Fsp3) is 0.500. The van der Waals surface area contributed by atoms with E-state index in [9.17, 15) is 14.4 Å². The van der Waals surface area contributed by atoms with Crippen LogP contribution in [0.4, 0.5) is 5.69 Å². The molecule has 4 rings (SSSR count). The molecule has 7 nitrogen and oxygen atoms in total. The summed E-state index contributed by atoms with van der Waals surface area (Å²) in [6.07, 6.45) is 6.37. The first-order chi connectivity index (χ1) is 19.9. The average molecular weight is 557 g/mol. The zero-order valence-electron chi connectivity index (χ0n) is 25.1. The number of hydrogen-bond acceptors (Lipinski definition) is 5. The summed E-state index contributed by atoms with van der Waals surface area (Å²) in [7, 11) is 0. The van der Waals surface area contributed by atoms with Gasteiger partial charge in [0.2, 0.25) is 5.91 Å². The summed E-state index contributed by atoms with van der Waals surface area (Å²) in [5, 5.41) is 9.22. The lowest BCUT2D eigenvalue weighted by molar-refractivity contribution is -0.126. The second kappa shape index (κ2) is 14.3. The highest BCUT2D eigenvalue weighted by Crippen LogP contribution is 2.41. The fourth-order valence-corrected chi connectivity index (χ4v) is 5.72. The third kappa shape index (κ3) is 7.00. The molecule has 0 radical (unpaired) electrons. The van der Waals surface area contributed by atoms with Crippen molar-refractivity contribution in [1.82, 2.24) is 15.0 Å². The molecule has 1 aliphatic rings. The van der Waals surface area contributed by atoms with Crippen LogP contribution in [0.15, 0.2) is 48.5 Å². The summed E-state index contributed by atoms with van der Waals surface area (Å²) < 4.78 is 1.95. The first-order valence-electron chi connectivity index (χ1n) is 15.4. The van der Waals surface area contributed by atoms with E-state index in [0.29, 0.717) is 25.3 Å². The normalized spacial score (nSPS) is 13.1. The molecule has 7 heteroatoms. The summed E-state index contributed by atoms with van der Waals surface area (Å²) in [6.45, 7) is 9.17. The molecule has 0 fully saturated rings. The molecule has 3 aromatic rings. The number of carbonyl (C=O) groups is 3. The van der Waals surface area contributed by atoms with Crippen molar-refractivity contribution in [3.8, 4) is 22.5 Å². The Morgan fingerprint density at radius 3 is 2.24 bits per heavy atom. The van der Waals surface area contributed by atoms with Crippen molar-refractivity contribution in [2.24, 2.45) is 11.8 Å². The molecule has 218 valence electrons. The molecular weight excluding hydrogens is 512 g/mol. The second-order valence-corrected chi connectivity index (χ2v) is 11.2. The first kappa shape index (κ1) is 30.4. The summed E-state index contributed by atoms with van der Waals surface area (Å²) in [6, 6.07) is 16.0. The molecule has 0 saturated heterocycles. The molecule has 0 saturated carbocycles. The Morgan fingerprint density at radius 1 is 0.805 bits per heavy atom. The summed E-state index contributed by atoms with van der Waals surface area (Å²) in [5.74, 6) is 0.590. The number of nitrogens with zero attached hydrogens (tertiary/aromatic N) is 4. The van der Waals surface area contributed by atoms with Crippen LogP contribution in [-0.4, -0.2) is 32.5 Å². The Hall–Kier alpha value is -3.61. The number of Topliss-reactive ketones (excluding diaryl/α,β-unsaturated/α-hetero) is 2. The molecule has 1 atom stereocenters. The molecule has 1 aromatic heterocycles. The molecule has 0 bridgehead atoms. The third-order valence-corrected chi connectivity index (χ3v) is 8.57. The lowest BCUT2D eigenvalue weighted by atomic mass is 9.94. The number of aryl methyl sites for hydroxylation is 1. The van der Waals surface area contributed by atoms with Gasteiger partial charge in [0.05, 0.1) is 17.9 Å². The molecule has 0 aliphatic carbocycles. The largest absolute Gasteiger partial charge is 0.307 e. The number of ketones is 2. The molecular formula is C34H44N4O3. The number of rotatable bonds is 14. The van der Waals surface area contributed by atoms with E-state index in [-0.39, 0.29) is 36.4 Å². The Kier molecular flexibility index (Phi) is 10.6. The molecule has 0 spiro atoms. The van der Waals surface area contributed by atoms with Crippen LogP contribution in [-0.2, 0) is 27.5 Å². The molecule has 1 aliphatic heterocycles. The predicted octanol–water partition coefficient (Wildman–Crippen LogP) is 7.42. The van der Waals surface area contributed by atoms with Gasteiger partial charge in [0.15, 0.2) is 0 Å². The van der Waals surface area contributed by atoms with E-state index in [2.05, 4.69) is 24.2 Å². The van der Waals surface area contributed by atoms with Crippen molar-refractivity contribution in [3.05, 3.63) is 54.1 Å². The Labute approximate surface area is 244 Å². The van der Waals surface area contributed by atoms with E-state index in [1.54, 1.807) is 0 Å². The summed E-state index contributed by atoms with van der Waals surface area (Å²) >= 11 is 0. The van der Waals surface area contributed by atoms with Gasteiger partial charge in [-0.05, 0) is 43.7 Å². The molecule has 41 heavy (non-hydrogen) atoms. The average Bonchev–Trinajstić information content (AvgIpc) is 3.40. The minimum atomic E-state index is -0.0616. The highest BCUT2D eigenvalue weighted by molar-refractivity contribution is 6.01. The van der Waals surface area contributed by atoms with E-state index < -0.39 is 0 Å². The van der Waals surface area contributed by atoms with Gasteiger partial charge in [-0.3, -0.25) is 14.4 Å². The number of fused-ring (bicyclic) bond motifs is 5. The van der Waals surface area contributed by atoms with E-state index in [1.807, 2.05) is 72.0 Å². The van der Waals surface area contributed by atoms with Crippen molar-refractivity contribution in [2.45, 2.75) is 98.6 Å². The standard InChI is InChI=1S/C34H44N4O3/c1-5-24(4)30(39)20-21-32(41)37-23-26-15-10-11-16-27(26)33-34(28-17-12-13-18-29(28)37)38(36-35-33)22-14-8-9-19-31(40)25(6-2)7-3/h10-13,15-18,24-25H,5-9,14,19-23H2,1-4H3. The fourth-order valence-electron chi connectivity index (χ4n) is 5.72. The van der Waals surface area contributed by atoms with Crippen LogP contribution < -0.4 is 4.90 Å². The van der Waals surface area contributed by atoms with Crippen LogP contribution >= 0.6 is 0 Å². The van der Waals surface area contributed by atoms with Crippen molar-refractivity contribution >= 4 is 23.2 Å². The lowest BCUT2D eigenvalue weighted by Gasteiger charge is -2.29. The minimum absolute atomic E-state index is 0.0380. The highest BCUT2D eigenvalue weighted by Gasteiger charge is 2.29. The maximum atomic E-state index is 13.7. The number of para-hydroxylation sites is 1. The van der Waals surface area contributed by atoms with Gasteiger partial charge in [0.25, 0.3) is 0 Å². The van der Waals surface area contributed by atoms with Gasteiger partial charge in [-0.1, -0.05) is 81.8 Å². The van der Waals surface area contributed by atoms with Crippen LogP contribution in [0.2, 0.25) is 0 Å². The number of aromatic nitrogens is 3. The van der Waals surface area contributed by atoms with E-state index in [4.69, 9.17) is 0 Å². The number of benzene rings is 2. The molecule has 2 aromatic carbocycles. The summed E-state index contributed by atoms with van der Waals surface area (Å²) in [5.41, 5.74) is 5.39. The first-order valence-corrected chi connectivity index (χ1v) is 15.4. The van der Waals surface area contributed by atoms with Crippen LogP contribution in [0.25, 0.3) is 22.5 Å². The zero-order valence-corrected chi connectivity index (χ0v) is 25.1. The van der Waals surface area contributed by atoms with Crippen molar-refractivity contribution in [2.75, 3.05) is 4.90 Å². The number of anilines is 1. The summed E-state index contributed by atoms with van der Waals surface area (Å²) in [4.78, 5) is 40.5.